The number of halogens is 1. The van der Waals surface area contributed by atoms with Crippen LogP contribution in [0.25, 0.3) is 28.3 Å². The summed E-state index contributed by atoms with van der Waals surface area (Å²) in [7, 11) is 3.65. The van der Waals surface area contributed by atoms with Gasteiger partial charge in [-0.05, 0) is 173 Å². The summed E-state index contributed by atoms with van der Waals surface area (Å²) in [6, 6.07) is 44.9. The Morgan fingerprint density at radius 3 is 1.55 bits per heavy atom. The van der Waals surface area contributed by atoms with Crippen LogP contribution in [-0.4, -0.2) is 172 Å². The Labute approximate surface area is 683 Å². The number of nitrogens with one attached hydrogen (secondary N) is 3. The lowest BCUT2D eigenvalue weighted by Gasteiger charge is -2.40. The van der Waals surface area contributed by atoms with E-state index >= 15 is 0 Å². The number of anilines is 7. The number of nitrogen functional groups attached to an aromatic ring is 4. The van der Waals surface area contributed by atoms with Gasteiger partial charge < -0.3 is 47.3 Å². The number of rotatable bonds is 14. The molecule has 4 saturated heterocycles. The fourth-order valence-electron chi connectivity index (χ4n) is 16.3. The number of carbonyl (C=O) groups excluding carboxylic acids is 4. The van der Waals surface area contributed by atoms with Crippen LogP contribution in [0.1, 0.15) is 89.0 Å². The van der Waals surface area contributed by atoms with E-state index in [-0.39, 0.29) is 47.1 Å². The highest BCUT2D eigenvalue weighted by molar-refractivity contribution is 5.93. The molecule has 18 rings (SSSR count). The van der Waals surface area contributed by atoms with E-state index in [1.807, 2.05) is 139 Å². The van der Waals surface area contributed by atoms with Crippen molar-refractivity contribution in [3.8, 4) is 34.1 Å². The monoisotopic (exact) mass is 1590 g/mol. The smallest absolute Gasteiger partial charge is 0.323 e. The molecule has 0 saturated carbocycles. The van der Waals surface area contributed by atoms with Crippen LogP contribution in [0.3, 0.4) is 0 Å². The molecular formula is C87H98FN25O5. The Bertz CT molecular complexity index is 5490. The third-order valence-electron chi connectivity index (χ3n) is 22.5. The number of piperidine rings is 2. The average molecular weight is 1590 g/mol. The number of para-hydroxylation sites is 1. The van der Waals surface area contributed by atoms with Crippen molar-refractivity contribution in [3.63, 3.8) is 0 Å². The van der Waals surface area contributed by atoms with Crippen LogP contribution in [0, 0.1) is 30.5 Å². The van der Waals surface area contributed by atoms with Gasteiger partial charge in [0.1, 0.15) is 11.6 Å². The second-order valence-corrected chi connectivity index (χ2v) is 31.4. The Kier molecular flexibility index (Phi) is 23.8. The maximum absolute atomic E-state index is 13.1. The number of methoxy groups -OCH3 is 1. The second kappa shape index (κ2) is 35.3. The number of likely N-dealkylation sites (tertiary alicyclic amines) is 4. The van der Waals surface area contributed by atoms with Gasteiger partial charge in [0, 0.05) is 125 Å². The average Bonchev–Trinajstić information content (AvgIpc) is 1.65. The molecular weight excluding hydrogens is 1490 g/mol. The highest BCUT2D eigenvalue weighted by Gasteiger charge is 2.45. The van der Waals surface area contributed by atoms with Crippen LogP contribution in [0.4, 0.5) is 59.0 Å². The van der Waals surface area contributed by atoms with Gasteiger partial charge in [0.15, 0.2) is 17.5 Å². The first-order valence-corrected chi connectivity index (χ1v) is 39.6. The molecule has 11 N–H and O–H groups in total. The zero-order chi connectivity index (χ0) is 82.0. The molecule has 0 aliphatic carbocycles. The van der Waals surface area contributed by atoms with Crippen molar-refractivity contribution in [2.45, 2.75) is 98.1 Å². The van der Waals surface area contributed by atoms with E-state index in [1.54, 1.807) is 98.6 Å². The summed E-state index contributed by atoms with van der Waals surface area (Å²) in [4.78, 5) is 80.6. The summed E-state index contributed by atoms with van der Waals surface area (Å²) >= 11 is 0. The first-order valence-electron chi connectivity index (χ1n) is 39.6. The normalized spacial score (nSPS) is 17.4. The standard InChI is InChI=1S/C27H34N6O2.C24H32N8O.C19H16FN5O.C17H16N6O/c1-20-7-9-22(10-8-20)33-17-24(28)25(30-33)29-26(34)32-14-12-27(19-32)11-4-13-31(18-27)16-21-5-3-6-23(15-21)35-2;1-18-4-6-20(7-5-18)32-15-21(25)22(28-32)27-23(33)31-11-9-24(17-31)8-3-10-30(16-24)14-19-12-26-29(2)13-19;20-13-3-1-12(2-4-13)15-6-5-14(21)16(24-15)9-19(26)25-10-17-18(11-25)23-8-7-22-17;18-15-11-23(14-4-2-1-3-5-14)21-16(15)20-17(24)22-9-12-6-7-19-8-13(12)10-22/h3,5-10,15,17H,4,11-14,16,18-19,28H2,1-2H3,(H,29,30,34);4-7,12-13,15H,3,8-11,14,16-17,25H2,1-2H3,(H,27,28,33);1-8H,9-11,21H2;1-8,11H,9-10,18H2,(H,20,21,24). The number of fused-ring (bicyclic) bond motifs is 2. The molecule has 13 heterocycles. The first kappa shape index (κ1) is 79.7. The van der Waals surface area contributed by atoms with Crippen molar-refractivity contribution in [1.82, 2.24) is 88.5 Å². The maximum Gasteiger partial charge on any atom is 0.323 e. The molecule has 30 nitrogen and oxygen atoms in total. The molecule has 6 aliphatic heterocycles. The molecule has 2 atom stereocenters. The van der Waals surface area contributed by atoms with Gasteiger partial charge in [0.05, 0.1) is 114 Å². The fourth-order valence-corrected chi connectivity index (χ4v) is 16.3. The number of urea groups is 3. The molecule has 0 bridgehead atoms. The van der Waals surface area contributed by atoms with E-state index in [0.717, 1.165) is 155 Å². The first-order chi connectivity index (χ1) is 57.1. The van der Waals surface area contributed by atoms with Gasteiger partial charge in [-0.1, -0.05) is 65.7 Å². The van der Waals surface area contributed by atoms with Gasteiger partial charge in [-0.3, -0.25) is 55.2 Å². The number of pyridine rings is 2. The number of nitrogens with zero attached hydrogens (tertiary/aromatic N) is 18. The summed E-state index contributed by atoms with van der Waals surface area (Å²) in [5.41, 5.74) is 39.7. The minimum absolute atomic E-state index is 0.0831. The van der Waals surface area contributed by atoms with Crippen molar-refractivity contribution in [1.29, 1.82) is 0 Å². The molecule has 5 aromatic carbocycles. The molecule has 2 spiro atoms. The van der Waals surface area contributed by atoms with Gasteiger partial charge in [0.25, 0.3) is 0 Å². The molecule has 31 heteroatoms. The zero-order valence-corrected chi connectivity index (χ0v) is 66.7. The maximum atomic E-state index is 13.1. The molecule has 4 fully saturated rings. The minimum atomic E-state index is -0.310. The van der Waals surface area contributed by atoms with Crippen LogP contribution in [0.2, 0.25) is 0 Å². The number of aryl methyl sites for hydroxylation is 3. The summed E-state index contributed by atoms with van der Waals surface area (Å²) in [5, 5.41) is 26.3. The van der Waals surface area contributed by atoms with Crippen molar-refractivity contribution < 1.29 is 28.3 Å². The predicted octanol–water partition coefficient (Wildman–Crippen LogP) is 12.0. The van der Waals surface area contributed by atoms with Gasteiger partial charge in [0.2, 0.25) is 5.91 Å². The van der Waals surface area contributed by atoms with E-state index in [2.05, 4.69) is 84.4 Å². The highest BCUT2D eigenvalue weighted by Crippen LogP contribution is 2.42. The van der Waals surface area contributed by atoms with Gasteiger partial charge in [-0.2, -0.15) is 5.10 Å². The predicted molar refractivity (Wildman–Crippen MR) is 450 cm³/mol. The quantitative estimate of drug-likeness (QED) is 0.0532. The van der Waals surface area contributed by atoms with Crippen LogP contribution in [-0.2, 0) is 57.5 Å². The molecule has 118 heavy (non-hydrogen) atoms. The largest absolute Gasteiger partial charge is 0.497 e. The molecule has 6 aliphatic rings. The van der Waals surface area contributed by atoms with Crippen molar-refractivity contribution in [2.75, 3.05) is 98.4 Å². The highest BCUT2D eigenvalue weighted by atomic mass is 19.1. The summed E-state index contributed by atoms with van der Waals surface area (Å²) in [6.07, 6.45) is 22.7. The minimum Gasteiger partial charge on any atom is -0.497 e. The number of amides is 7. The van der Waals surface area contributed by atoms with Gasteiger partial charge in [-0.25, -0.2) is 32.8 Å². The summed E-state index contributed by atoms with van der Waals surface area (Å²) in [5.74, 6) is 1.67. The third kappa shape index (κ3) is 19.2. The second-order valence-electron chi connectivity index (χ2n) is 31.4. The summed E-state index contributed by atoms with van der Waals surface area (Å²) in [6.45, 7) is 15.1. The Hall–Kier alpha value is -13.6. The van der Waals surface area contributed by atoms with Crippen molar-refractivity contribution in [3.05, 3.63) is 258 Å². The van der Waals surface area contributed by atoms with E-state index in [9.17, 15) is 23.6 Å². The number of nitrogens with two attached hydrogens (primary N) is 4. The van der Waals surface area contributed by atoms with Gasteiger partial charge in [-0.15, -0.1) is 15.3 Å². The SMILES string of the molecule is COc1cccc(CN2CCCC3(CCN(C(=O)Nc4nn(-c5ccc(C)cc5)cc4N)C3)C2)c1.Cc1ccc(-n2cc(N)c(NC(=O)N3CCC4(CCCN(Cc5cnn(C)c5)C4)C3)n2)cc1.Nc1ccc(-c2ccc(F)cc2)nc1CC(=O)N1Cc2nccnc2C1.Nc1cn(-c2ccccc2)nc1NC(=O)N1Cc2ccncc2C1. The Morgan fingerprint density at radius 1 is 0.500 bits per heavy atom. The molecule has 2 unspecified atom stereocenters. The molecule has 0 radical (unpaired) electrons. The lowest BCUT2D eigenvalue weighted by Crippen LogP contribution is -2.45. The van der Waals surface area contributed by atoms with E-state index < -0.39 is 0 Å². The molecule has 7 aromatic heterocycles. The van der Waals surface area contributed by atoms with Gasteiger partial charge >= 0.3 is 18.1 Å². The Morgan fingerprint density at radius 2 is 1.03 bits per heavy atom. The third-order valence-corrected chi connectivity index (χ3v) is 22.5. The number of hydrogen-bond acceptors (Lipinski definition) is 19. The number of hydrogen-bond donors (Lipinski definition) is 7. The van der Waals surface area contributed by atoms with Crippen LogP contribution < -0.4 is 43.6 Å². The number of ether oxygens (including phenoxy) is 1. The van der Waals surface area contributed by atoms with E-state index in [4.69, 9.17) is 27.7 Å². The number of benzene rings is 5. The Balaban J connectivity index is 0.000000124. The van der Waals surface area contributed by atoms with Crippen LogP contribution in [0.15, 0.2) is 201 Å². The number of aromatic nitrogens is 12. The lowest BCUT2D eigenvalue weighted by atomic mass is 9.79. The van der Waals surface area contributed by atoms with E-state index in [1.165, 1.54) is 34.4 Å². The van der Waals surface area contributed by atoms with Crippen LogP contribution >= 0.6 is 0 Å². The molecule has 12 aromatic rings. The topological polar surface area (TPSA) is 360 Å². The molecule has 608 valence electrons. The van der Waals surface area contributed by atoms with Crippen LogP contribution in [0.5, 0.6) is 5.75 Å². The van der Waals surface area contributed by atoms with E-state index in [0.29, 0.717) is 77.8 Å². The summed E-state index contributed by atoms with van der Waals surface area (Å²) < 4.78 is 25.4. The zero-order valence-electron chi connectivity index (χ0n) is 66.7. The molecule has 7 amide bonds. The fraction of sp³-hybridized carbons (Fsp3) is 0.310. The van der Waals surface area contributed by atoms with Crippen molar-refractivity contribution in [2.24, 2.45) is 17.9 Å². The number of carbonyl (C=O) groups is 4. The lowest BCUT2D eigenvalue weighted by molar-refractivity contribution is -0.131. The van der Waals surface area contributed by atoms with Crippen molar-refractivity contribution >= 4 is 64.2 Å².